The van der Waals surface area contributed by atoms with Crippen molar-refractivity contribution in [1.82, 2.24) is 20.0 Å². The quantitative estimate of drug-likeness (QED) is 0.741. The van der Waals surface area contributed by atoms with Crippen LogP contribution in [0, 0.1) is 5.92 Å². The SMILES string of the molecule is COc1cc(OC)c2nnc3c(cnn3C)c2c1CC(C)C. The van der Waals surface area contributed by atoms with Crippen LogP contribution in [0.25, 0.3) is 21.9 Å². The lowest BCUT2D eigenvalue weighted by Gasteiger charge is -2.16. The normalized spacial score (nSPS) is 11.5. The molecule has 0 spiro atoms. The minimum Gasteiger partial charge on any atom is -0.496 e. The zero-order valence-corrected chi connectivity index (χ0v) is 13.5. The fourth-order valence-corrected chi connectivity index (χ4v) is 2.83. The summed E-state index contributed by atoms with van der Waals surface area (Å²) in [7, 11) is 5.17. The van der Waals surface area contributed by atoms with Crippen LogP contribution in [-0.4, -0.2) is 34.2 Å². The molecule has 116 valence electrons. The Bertz CT molecular complexity index is 839. The highest BCUT2D eigenvalue weighted by molar-refractivity contribution is 6.07. The van der Waals surface area contributed by atoms with Crippen molar-refractivity contribution in [2.24, 2.45) is 13.0 Å². The molecule has 1 aromatic carbocycles. The maximum absolute atomic E-state index is 5.60. The Morgan fingerprint density at radius 1 is 1.14 bits per heavy atom. The van der Waals surface area contributed by atoms with Crippen LogP contribution >= 0.6 is 0 Å². The molecule has 0 saturated carbocycles. The van der Waals surface area contributed by atoms with E-state index in [1.165, 1.54) is 0 Å². The van der Waals surface area contributed by atoms with Crippen molar-refractivity contribution in [3.63, 3.8) is 0 Å². The van der Waals surface area contributed by atoms with Gasteiger partial charge >= 0.3 is 0 Å². The van der Waals surface area contributed by atoms with Gasteiger partial charge in [0.25, 0.3) is 0 Å². The predicted molar refractivity (Wildman–Crippen MR) is 85.5 cm³/mol. The summed E-state index contributed by atoms with van der Waals surface area (Å²) >= 11 is 0. The van der Waals surface area contributed by atoms with E-state index in [4.69, 9.17) is 9.47 Å². The molecular weight excluding hydrogens is 280 g/mol. The van der Waals surface area contributed by atoms with Gasteiger partial charge in [0.05, 0.1) is 25.8 Å². The third kappa shape index (κ3) is 2.15. The van der Waals surface area contributed by atoms with E-state index in [0.29, 0.717) is 11.7 Å². The van der Waals surface area contributed by atoms with Gasteiger partial charge in [-0.15, -0.1) is 10.2 Å². The molecule has 0 aliphatic rings. The summed E-state index contributed by atoms with van der Waals surface area (Å²) in [5.74, 6) is 1.97. The van der Waals surface area contributed by atoms with Gasteiger partial charge in [-0.25, -0.2) is 4.68 Å². The molecule has 0 aliphatic carbocycles. The smallest absolute Gasteiger partial charge is 0.180 e. The Hall–Kier alpha value is -2.37. The second kappa shape index (κ2) is 5.44. The second-order valence-electron chi connectivity index (χ2n) is 5.79. The van der Waals surface area contributed by atoms with Crippen LogP contribution in [0.15, 0.2) is 12.3 Å². The van der Waals surface area contributed by atoms with E-state index in [1.807, 2.05) is 19.3 Å². The Morgan fingerprint density at radius 3 is 2.50 bits per heavy atom. The van der Waals surface area contributed by atoms with Crippen molar-refractivity contribution in [2.45, 2.75) is 20.3 Å². The second-order valence-corrected chi connectivity index (χ2v) is 5.79. The zero-order chi connectivity index (χ0) is 15.9. The lowest BCUT2D eigenvalue weighted by atomic mass is 9.96. The highest BCUT2D eigenvalue weighted by Crippen LogP contribution is 2.38. The number of aryl methyl sites for hydroxylation is 1. The fourth-order valence-electron chi connectivity index (χ4n) is 2.83. The average Bonchev–Trinajstić information content (AvgIpc) is 2.88. The summed E-state index contributed by atoms with van der Waals surface area (Å²) in [5.41, 5.74) is 2.63. The van der Waals surface area contributed by atoms with Crippen molar-refractivity contribution >= 4 is 21.9 Å². The number of methoxy groups -OCH3 is 2. The molecular formula is C16H20N4O2. The number of ether oxygens (including phenoxy) is 2. The van der Waals surface area contributed by atoms with Crippen LogP contribution in [-0.2, 0) is 13.5 Å². The van der Waals surface area contributed by atoms with Crippen LogP contribution in [0.1, 0.15) is 19.4 Å². The highest BCUT2D eigenvalue weighted by Gasteiger charge is 2.20. The number of nitrogens with zero attached hydrogens (tertiary/aromatic N) is 4. The minimum absolute atomic E-state index is 0.491. The van der Waals surface area contributed by atoms with E-state index >= 15 is 0 Å². The zero-order valence-electron chi connectivity index (χ0n) is 13.5. The molecule has 3 aromatic rings. The predicted octanol–water partition coefficient (Wildman–Crippen LogP) is 2.73. The molecule has 0 saturated heterocycles. The first kappa shape index (κ1) is 14.6. The summed E-state index contributed by atoms with van der Waals surface area (Å²) in [5, 5.41) is 14.9. The van der Waals surface area contributed by atoms with Gasteiger partial charge in [-0.05, 0) is 12.3 Å². The van der Waals surface area contributed by atoms with Crippen molar-refractivity contribution in [3.8, 4) is 11.5 Å². The van der Waals surface area contributed by atoms with Gasteiger partial charge in [-0.3, -0.25) is 0 Å². The molecule has 0 bridgehead atoms. The molecule has 0 aliphatic heterocycles. The molecule has 2 heterocycles. The molecule has 0 N–H and O–H groups in total. The molecule has 22 heavy (non-hydrogen) atoms. The summed E-state index contributed by atoms with van der Waals surface area (Å²) in [6.07, 6.45) is 2.72. The fraction of sp³-hybridized carbons (Fsp3) is 0.438. The van der Waals surface area contributed by atoms with Crippen molar-refractivity contribution < 1.29 is 9.47 Å². The average molecular weight is 300 g/mol. The van der Waals surface area contributed by atoms with Crippen LogP contribution in [0.5, 0.6) is 11.5 Å². The Balaban J connectivity index is 2.48. The Morgan fingerprint density at radius 2 is 1.86 bits per heavy atom. The topological polar surface area (TPSA) is 62.1 Å². The lowest BCUT2D eigenvalue weighted by molar-refractivity contribution is 0.392. The molecule has 6 heteroatoms. The lowest BCUT2D eigenvalue weighted by Crippen LogP contribution is -2.03. The number of hydrogen-bond donors (Lipinski definition) is 0. The van der Waals surface area contributed by atoms with Gasteiger partial charge in [-0.1, -0.05) is 13.8 Å². The Labute approximate surface area is 129 Å². The number of hydrogen-bond acceptors (Lipinski definition) is 5. The van der Waals surface area contributed by atoms with Crippen LogP contribution < -0.4 is 9.47 Å². The van der Waals surface area contributed by atoms with Crippen LogP contribution in [0.2, 0.25) is 0 Å². The van der Waals surface area contributed by atoms with Crippen molar-refractivity contribution in [3.05, 3.63) is 17.8 Å². The monoisotopic (exact) mass is 300 g/mol. The molecule has 3 rings (SSSR count). The molecule has 0 amide bonds. The molecule has 0 unspecified atom stereocenters. The molecule has 0 radical (unpaired) electrons. The summed E-state index contributed by atoms with van der Waals surface area (Å²) in [4.78, 5) is 0. The van der Waals surface area contributed by atoms with E-state index in [-0.39, 0.29) is 0 Å². The largest absolute Gasteiger partial charge is 0.496 e. The standard InChI is InChI=1S/C16H20N4O2/c1-9(2)6-10-12(21-4)7-13(22-5)15-14(10)11-8-17-20(3)16(11)19-18-15/h7-9H,6H2,1-5H3. The molecule has 6 nitrogen and oxygen atoms in total. The maximum atomic E-state index is 5.60. The van der Waals surface area contributed by atoms with Gasteiger partial charge in [0.2, 0.25) is 0 Å². The van der Waals surface area contributed by atoms with E-state index in [9.17, 15) is 0 Å². The first-order valence-corrected chi connectivity index (χ1v) is 7.28. The van der Waals surface area contributed by atoms with Crippen molar-refractivity contribution in [1.29, 1.82) is 0 Å². The first-order chi connectivity index (χ1) is 10.6. The minimum atomic E-state index is 0.491. The van der Waals surface area contributed by atoms with E-state index in [1.54, 1.807) is 18.9 Å². The Kier molecular flexibility index (Phi) is 3.60. The van der Waals surface area contributed by atoms with Crippen LogP contribution in [0.4, 0.5) is 0 Å². The number of aromatic nitrogens is 4. The number of benzene rings is 1. The third-order valence-corrected chi connectivity index (χ3v) is 3.81. The van der Waals surface area contributed by atoms with E-state index in [0.717, 1.165) is 39.7 Å². The van der Waals surface area contributed by atoms with Crippen LogP contribution in [0.3, 0.4) is 0 Å². The molecule has 0 atom stereocenters. The molecule has 2 aromatic heterocycles. The van der Waals surface area contributed by atoms with Gasteiger partial charge in [0.1, 0.15) is 11.3 Å². The van der Waals surface area contributed by atoms with Gasteiger partial charge < -0.3 is 9.47 Å². The van der Waals surface area contributed by atoms with Gasteiger partial charge in [-0.2, -0.15) is 5.10 Å². The number of rotatable bonds is 4. The summed E-state index contributed by atoms with van der Waals surface area (Å²) in [6.45, 7) is 4.37. The first-order valence-electron chi connectivity index (χ1n) is 7.28. The summed E-state index contributed by atoms with van der Waals surface area (Å²) in [6, 6.07) is 1.89. The maximum Gasteiger partial charge on any atom is 0.180 e. The van der Waals surface area contributed by atoms with Crippen molar-refractivity contribution in [2.75, 3.05) is 14.2 Å². The van der Waals surface area contributed by atoms with Gasteiger partial charge in [0, 0.05) is 24.1 Å². The number of fused-ring (bicyclic) bond motifs is 3. The third-order valence-electron chi connectivity index (χ3n) is 3.81. The van der Waals surface area contributed by atoms with E-state index < -0.39 is 0 Å². The van der Waals surface area contributed by atoms with Gasteiger partial charge in [0.15, 0.2) is 11.4 Å². The molecule has 0 fully saturated rings. The summed E-state index contributed by atoms with van der Waals surface area (Å²) < 4.78 is 12.8. The highest BCUT2D eigenvalue weighted by atomic mass is 16.5. The van der Waals surface area contributed by atoms with E-state index in [2.05, 4.69) is 29.1 Å².